The van der Waals surface area contributed by atoms with Crippen molar-refractivity contribution in [3.05, 3.63) is 0 Å². The van der Waals surface area contributed by atoms with Gasteiger partial charge in [0.2, 0.25) is 0 Å². The van der Waals surface area contributed by atoms with Crippen molar-refractivity contribution in [3.63, 3.8) is 0 Å². The van der Waals surface area contributed by atoms with Crippen LogP contribution in [0.15, 0.2) is 5.16 Å². The second-order valence-electron chi connectivity index (χ2n) is 3.52. The molecular weight excluding hydrogens is 172 g/mol. The van der Waals surface area contributed by atoms with Gasteiger partial charge in [0.1, 0.15) is 5.60 Å². The van der Waals surface area contributed by atoms with E-state index < -0.39 is 11.7 Å². The summed E-state index contributed by atoms with van der Waals surface area (Å²) < 4.78 is 4.96. The van der Waals surface area contributed by atoms with Crippen LogP contribution >= 0.6 is 0 Å². The molecule has 0 saturated carbocycles. The van der Waals surface area contributed by atoms with Crippen LogP contribution in [0.25, 0.3) is 0 Å². The number of hydrogen-bond acceptors (Lipinski definition) is 4. The van der Waals surface area contributed by atoms with Crippen molar-refractivity contribution < 1.29 is 14.7 Å². The number of hydrogen-bond donors (Lipinski definition) is 2. The lowest BCUT2D eigenvalue weighted by Crippen LogP contribution is -2.33. The lowest BCUT2D eigenvalue weighted by molar-refractivity contribution is 0.0529. The Hall–Kier alpha value is -1.26. The Labute approximate surface area is 77.8 Å². The molecule has 0 saturated heterocycles. The highest BCUT2D eigenvalue weighted by Gasteiger charge is 2.14. The standard InChI is InChI=1S/C8H16N2O3/c1-8(2,3)13-7(11)9-5-4-6-10-12/h6,12H,4-5H2,1-3H3,(H,9,11)/b10-6+. The number of nitrogens with zero attached hydrogens (tertiary/aromatic N) is 1. The Morgan fingerprint density at radius 3 is 2.69 bits per heavy atom. The Bertz CT molecular complexity index is 184. The molecule has 0 aromatic carbocycles. The summed E-state index contributed by atoms with van der Waals surface area (Å²) in [7, 11) is 0. The van der Waals surface area contributed by atoms with E-state index >= 15 is 0 Å². The molecular formula is C8H16N2O3. The molecule has 1 amide bonds. The van der Waals surface area contributed by atoms with Crippen molar-refractivity contribution in [1.29, 1.82) is 0 Å². The molecule has 0 radical (unpaired) electrons. The van der Waals surface area contributed by atoms with Crippen molar-refractivity contribution in [1.82, 2.24) is 5.32 Å². The summed E-state index contributed by atoms with van der Waals surface area (Å²) in [5.74, 6) is 0. The van der Waals surface area contributed by atoms with Gasteiger partial charge in [0.15, 0.2) is 0 Å². The first-order chi connectivity index (χ1) is 5.95. The van der Waals surface area contributed by atoms with E-state index in [-0.39, 0.29) is 0 Å². The van der Waals surface area contributed by atoms with E-state index in [2.05, 4.69) is 10.5 Å². The quantitative estimate of drug-likeness (QED) is 0.304. The highest BCUT2D eigenvalue weighted by atomic mass is 16.6. The Kier molecular flexibility index (Phi) is 4.87. The van der Waals surface area contributed by atoms with Gasteiger partial charge in [-0.3, -0.25) is 0 Å². The van der Waals surface area contributed by atoms with Gasteiger partial charge in [-0.15, -0.1) is 5.16 Å². The summed E-state index contributed by atoms with van der Waals surface area (Å²) in [4.78, 5) is 11.0. The van der Waals surface area contributed by atoms with E-state index in [1.807, 2.05) is 0 Å². The second-order valence-corrected chi connectivity index (χ2v) is 3.52. The summed E-state index contributed by atoms with van der Waals surface area (Å²) in [6.07, 6.45) is 1.33. The number of rotatable bonds is 3. The second kappa shape index (κ2) is 5.40. The van der Waals surface area contributed by atoms with E-state index in [1.165, 1.54) is 6.21 Å². The summed E-state index contributed by atoms with van der Waals surface area (Å²) in [6.45, 7) is 5.78. The first-order valence-corrected chi connectivity index (χ1v) is 4.08. The molecule has 13 heavy (non-hydrogen) atoms. The first-order valence-electron chi connectivity index (χ1n) is 4.08. The minimum Gasteiger partial charge on any atom is -0.444 e. The van der Waals surface area contributed by atoms with Crippen LogP contribution in [-0.4, -0.2) is 29.7 Å². The van der Waals surface area contributed by atoms with Gasteiger partial charge in [-0.1, -0.05) is 0 Å². The topological polar surface area (TPSA) is 70.9 Å². The molecule has 0 aliphatic rings. The Balaban J connectivity index is 3.52. The lowest BCUT2D eigenvalue weighted by atomic mass is 10.2. The van der Waals surface area contributed by atoms with Crippen LogP contribution in [0.2, 0.25) is 0 Å². The van der Waals surface area contributed by atoms with E-state index in [1.54, 1.807) is 20.8 Å². The van der Waals surface area contributed by atoms with Gasteiger partial charge >= 0.3 is 6.09 Å². The first kappa shape index (κ1) is 11.7. The zero-order valence-electron chi connectivity index (χ0n) is 8.20. The molecule has 0 rings (SSSR count). The van der Waals surface area contributed by atoms with Gasteiger partial charge in [0.25, 0.3) is 0 Å². The van der Waals surface area contributed by atoms with Crippen molar-refractivity contribution in [2.75, 3.05) is 6.54 Å². The van der Waals surface area contributed by atoms with Crippen molar-refractivity contribution in [2.24, 2.45) is 5.16 Å². The number of alkyl carbamates (subject to hydrolysis) is 1. The fourth-order valence-electron chi connectivity index (χ4n) is 0.611. The summed E-state index contributed by atoms with van der Waals surface area (Å²) >= 11 is 0. The molecule has 0 fully saturated rings. The molecule has 0 atom stereocenters. The normalized spacial score (nSPS) is 11.6. The summed E-state index contributed by atoms with van der Waals surface area (Å²) in [5.41, 5.74) is -0.477. The number of oxime groups is 1. The van der Waals surface area contributed by atoms with E-state index in [0.717, 1.165) is 0 Å². The minimum absolute atomic E-state index is 0.402. The summed E-state index contributed by atoms with van der Waals surface area (Å²) in [6, 6.07) is 0. The van der Waals surface area contributed by atoms with Crippen LogP contribution in [0, 0.1) is 0 Å². The van der Waals surface area contributed by atoms with Crippen LogP contribution in [0.5, 0.6) is 0 Å². The molecule has 76 valence electrons. The molecule has 5 nitrogen and oxygen atoms in total. The molecule has 5 heteroatoms. The molecule has 0 bridgehead atoms. The average Bonchev–Trinajstić information content (AvgIpc) is 1.94. The van der Waals surface area contributed by atoms with Gasteiger partial charge in [-0.25, -0.2) is 4.79 Å². The third kappa shape index (κ3) is 8.65. The van der Waals surface area contributed by atoms with Crippen molar-refractivity contribution >= 4 is 12.3 Å². The van der Waals surface area contributed by atoms with Gasteiger partial charge in [-0.2, -0.15) is 0 Å². The Morgan fingerprint density at radius 2 is 2.23 bits per heavy atom. The van der Waals surface area contributed by atoms with Crippen LogP contribution in [0.1, 0.15) is 27.2 Å². The molecule has 0 spiro atoms. The largest absolute Gasteiger partial charge is 0.444 e. The zero-order valence-corrected chi connectivity index (χ0v) is 8.20. The molecule has 0 aliphatic carbocycles. The molecule has 0 unspecified atom stereocenters. The zero-order chi connectivity index (χ0) is 10.3. The van der Waals surface area contributed by atoms with Crippen LogP contribution in [-0.2, 0) is 4.74 Å². The maximum atomic E-state index is 11.0. The maximum Gasteiger partial charge on any atom is 0.407 e. The highest BCUT2D eigenvalue weighted by molar-refractivity contribution is 5.68. The SMILES string of the molecule is CC(C)(C)OC(=O)NCC/C=N/O. The number of amides is 1. The number of carbonyl (C=O) groups is 1. The van der Waals surface area contributed by atoms with E-state index in [9.17, 15) is 4.79 Å². The Morgan fingerprint density at radius 1 is 1.62 bits per heavy atom. The van der Waals surface area contributed by atoms with Gasteiger partial charge in [-0.05, 0) is 20.8 Å². The van der Waals surface area contributed by atoms with Gasteiger partial charge < -0.3 is 15.3 Å². The molecule has 0 heterocycles. The molecule has 2 N–H and O–H groups in total. The van der Waals surface area contributed by atoms with Crippen LogP contribution in [0.4, 0.5) is 4.79 Å². The number of nitrogens with one attached hydrogen (secondary N) is 1. The third-order valence-corrected chi connectivity index (χ3v) is 1.02. The van der Waals surface area contributed by atoms with Crippen LogP contribution < -0.4 is 5.32 Å². The third-order valence-electron chi connectivity index (χ3n) is 1.02. The fraction of sp³-hybridized carbons (Fsp3) is 0.750. The minimum atomic E-state index is -0.477. The number of ether oxygens (including phenoxy) is 1. The smallest absolute Gasteiger partial charge is 0.407 e. The predicted molar refractivity (Wildman–Crippen MR) is 49.1 cm³/mol. The van der Waals surface area contributed by atoms with Crippen molar-refractivity contribution in [2.45, 2.75) is 32.8 Å². The van der Waals surface area contributed by atoms with Crippen molar-refractivity contribution in [3.8, 4) is 0 Å². The fourth-order valence-corrected chi connectivity index (χ4v) is 0.611. The molecule has 0 aliphatic heterocycles. The number of carbonyl (C=O) groups excluding carboxylic acids is 1. The summed E-state index contributed by atoms with van der Waals surface area (Å²) in [5, 5.41) is 13.3. The monoisotopic (exact) mass is 188 g/mol. The maximum absolute atomic E-state index is 11.0. The molecule has 0 aromatic rings. The average molecular weight is 188 g/mol. The van der Waals surface area contributed by atoms with Crippen LogP contribution in [0.3, 0.4) is 0 Å². The highest BCUT2D eigenvalue weighted by Crippen LogP contribution is 2.05. The van der Waals surface area contributed by atoms with Gasteiger partial charge in [0.05, 0.1) is 0 Å². The van der Waals surface area contributed by atoms with Gasteiger partial charge in [0, 0.05) is 19.2 Å². The molecule has 0 aromatic heterocycles. The predicted octanol–water partition coefficient (Wildman–Crippen LogP) is 1.36. The van der Waals surface area contributed by atoms with E-state index in [0.29, 0.717) is 13.0 Å². The lowest BCUT2D eigenvalue weighted by Gasteiger charge is -2.19. The van der Waals surface area contributed by atoms with E-state index in [4.69, 9.17) is 9.94 Å².